The molecule has 1 aliphatic rings. The number of sulfonamides is 1. The Balaban J connectivity index is 1.98. The summed E-state index contributed by atoms with van der Waals surface area (Å²) in [4.78, 5) is 8.13. The van der Waals surface area contributed by atoms with Gasteiger partial charge in [0.2, 0.25) is 16.0 Å². The standard InChI is InChI=1S/C11H14N6O2S/c12-11-13-4-3-9(16-11)10-2-1-5-17(10)20(18,19)8-6-14-15-7-8/h3-4,6-7,10H,1-2,5H2,(H,14,15)(H2,12,13,16)/t10-/m1/s1. The first-order valence-corrected chi connectivity index (χ1v) is 7.62. The quantitative estimate of drug-likeness (QED) is 0.841. The minimum absolute atomic E-state index is 0.148. The van der Waals surface area contributed by atoms with Gasteiger partial charge in [-0.1, -0.05) is 0 Å². The second kappa shape index (κ2) is 4.84. The van der Waals surface area contributed by atoms with Crippen LogP contribution in [0.4, 0.5) is 5.95 Å². The molecule has 106 valence electrons. The molecule has 1 aliphatic heterocycles. The third kappa shape index (κ3) is 2.14. The molecule has 8 nitrogen and oxygen atoms in total. The fourth-order valence-electron chi connectivity index (χ4n) is 2.41. The van der Waals surface area contributed by atoms with Gasteiger partial charge in [0.25, 0.3) is 0 Å². The van der Waals surface area contributed by atoms with E-state index in [-0.39, 0.29) is 16.9 Å². The fourth-order valence-corrected chi connectivity index (χ4v) is 3.99. The number of nitrogens with two attached hydrogens (primary N) is 1. The molecule has 2 aromatic heterocycles. The Labute approximate surface area is 116 Å². The van der Waals surface area contributed by atoms with Gasteiger partial charge in [-0.2, -0.15) is 9.40 Å². The van der Waals surface area contributed by atoms with E-state index in [4.69, 9.17) is 5.73 Å². The Morgan fingerprint density at radius 1 is 1.45 bits per heavy atom. The predicted octanol–water partition coefficient (Wildman–Crippen LogP) is 0.308. The van der Waals surface area contributed by atoms with Crippen molar-refractivity contribution < 1.29 is 8.42 Å². The van der Waals surface area contributed by atoms with E-state index < -0.39 is 10.0 Å². The molecule has 20 heavy (non-hydrogen) atoms. The number of rotatable bonds is 3. The molecule has 2 aromatic rings. The summed E-state index contributed by atoms with van der Waals surface area (Å²) < 4.78 is 26.6. The van der Waals surface area contributed by atoms with Crippen LogP contribution in [-0.4, -0.2) is 39.4 Å². The number of aromatic amines is 1. The van der Waals surface area contributed by atoms with Gasteiger partial charge in [-0.25, -0.2) is 18.4 Å². The zero-order valence-electron chi connectivity index (χ0n) is 10.6. The van der Waals surface area contributed by atoms with E-state index in [1.165, 1.54) is 16.7 Å². The average Bonchev–Trinajstić information content (AvgIpc) is 3.11. The van der Waals surface area contributed by atoms with E-state index in [0.717, 1.165) is 6.42 Å². The highest BCUT2D eigenvalue weighted by atomic mass is 32.2. The third-order valence-corrected chi connectivity index (χ3v) is 5.19. The monoisotopic (exact) mass is 294 g/mol. The molecule has 0 bridgehead atoms. The van der Waals surface area contributed by atoms with Crippen molar-refractivity contribution in [2.24, 2.45) is 0 Å². The SMILES string of the molecule is Nc1nccc([C@H]2CCCN2S(=O)(=O)c2cn[nH]c2)n1. The second-order valence-corrected chi connectivity index (χ2v) is 6.44. The van der Waals surface area contributed by atoms with Crippen LogP contribution < -0.4 is 5.73 Å². The van der Waals surface area contributed by atoms with Crippen LogP contribution in [0.3, 0.4) is 0 Å². The zero-order valence-corrected chi connectivity index (χ0v) is 11.4. The van der Waals surface area contributed by atoms with Gasteiger partial charge < -0.3 is 5.73 Å². The molecule has 1 saturated heterocycles. The van der Waals surface area contributed by atoms with Crippen molar-refractivity contribution in [2.75, 3.05) is 12.3 Å². The molecule has 1 fully saturated rings. The van der Waals surface area contributed by atoms with E-state index in [1.54, 1.807) is 12.3 Å². The Hall–Kier alpha value is -2.00. The Morgan fingerprint density at radius 2 is 2.30 bits per heavy atom. The van der Waals surface area contributed by atoms with Crippen LogP contribution in [0, 0.1) is 0 Å². The van der Waals surface area contributed by atoms with E-state index >= 15 is 0 Å². The van der Waals surface area contributed by atoms with Gasteiger partial charge in [0, 0.05) is 18.9 Å². The van der Waals surface area contributed by atoms with Gasteiger partial charge in [0.05, 0.1) is 17.9 Å². The molecule has 3 rings (SSSR count). The first-order valence-electron chi connectivity index (χ1n) is 6.18. The number of aromatic nitrogens is 4. The van der Waals surface area contributed by atoms with Crippen LogP contribution >= 0.6 is 0 Å². The molecule has 0 amide bonds. The molecule has 3 heterocycles. The maximum Gasteiger partial charge on any atom is 0.246 e. The first kappa shape index (κ1) is 13.0. The van der Waals surface area contributed by atoms with E-state index in [9.17, 15) is 8.42 Å². The number of hydrogen-bond donors (Lipinski definition) is 2. The summed E-state index contributed by atoms with van der Waals surface area (Å²) in [5, 5.41) is 6.22. The number of nitrogen functional groups attached to an aromatic ring is 1. The highest BCUT2D eigenvalue weighted by molar-refractivity contribution is 7.89. The second-order valence-electron chi connectivity index (χ2n) is 4.55. The van der Waals surface area contributed by atoms with Crippen molar-refractivity contribution in [3.05, 3.63) is 30.4 Å². The van der Waals surface area contributed by atoms with E-state index in [2.05, 4.69) is 20.2 Å². The van der Waals surface area contributed by atoms with Crippen LogP contribution in [-0.2, 0) is 10.0 Å². The first-order chi connectivity index (χ1) is 9.59. The molecule has 3 N–H and O–H groups in total. The normalized spacial score (nSPS) is 20.3. The highest BCUT2D eigenvalue weighted by Crippen LogP contribution is 2.35. The summed E-state index contributed by atoms with van der Waals surface area (Å²) in [6.45, 7) is 0.460. The third-order valence-electron chi connectivity index (χ3n) is 3.32. The van der Waals surface area contributed by atoms with Gasteiger partial charge in [-0.05, 0) is 18.9 Å². The molecule has 1 atom stereocenters. The molecule has 0 aliphatic carbocycles. The van der Waals surface area contributed by atoms with Crippen LogP contribution in [0.1, 0.15) is 24.6 Å². The summed E-state index contributed by atoms with van der Waals surface area (Å²) in [6, 6.07) is 1.39. The number of hydrogen-bond acceptors (Lipinski definition) is 6. The molecule has 0 aromatic carbocycles. The van der Waals surface area contributed by atoms with Crippen molar-refractivity contribution >= 4 is 16.0 Å². The maximum absolute atomic E-state index is 12.6. The molecule has 0 radical (unpaired) electrons. The van der Waals surface area contributed by atoms with Gasteiger partial charge in [0.1, 0.15) is 4.90 Å². The zero-order chi connectivity index (χ0) is 14.2. The summed E-state index contributed by atoms with van der Waals surface area (Å²) in [5.41, 5.74) is 6.20. The lowest BCUT2D eigenvalue weighted by atomic mass is 10.1. The van der Waals surface area contributed by atoms with Crippen LogP contribution in [0.15, 0.2) is 29.6 Å². The molecule has 9 heteroatoms. The average molecular weight is 294 g/mol. The molecule has 0 saturated carbocycles. The number of anilines is 1. The van der Waals surface area contributed by atoms with E-state index in [1.807, 2.05) is 0 Å². The van der Waals surface area contributed by atoms with Crippen molar-refractivity contribution in [2.45, 2.75) is 23.8 Å². The highest BCUT2D eigenvalue weighted by Gasteiger charge is 2.37. The van der Waals surface area contributed by atoms with Gasteiger partial charge in [0.15, 0.2) is 0 Å². The largest absolute Gasteiger partial charge is 0.368 e. The summed E-state index contributed by atoms with van der Waals surface area (Å²) in [6.07, 6.45) is 5.72. The Bertz CT molecular complexity index is 699. The number of nitrogens with one attached hydrogen (secondary N) is 1. The van der Waals surface area contributed by atoms with Crippen LogP contribution in [0.5, 0.6) is 0 Å². The minimum Gasteiger partial charge on any atom is -0.368 e. The summed E-state index contributed by atoms with van der Waals surface area (Å²) in [5.74, 6) is 0.148. The van der Waals surface area contributed by atoms with E-state index in [0.29, 0.717) is 18.7 Å². The van der Waals surface area contributed by atoms with Crippen molar-refractivity contribution in [3.8, 4) is 0 Å². The van der Waals surface area contributed by atoms with Crippen LogP contribution in [0.2, 0.25) is 0 Å². The lowest BCUT2D eigenvalue weighted by Crippen LogP contribution is -2.31. The lowest BCUT2D eigenvalue weighted by Gasteiger charge is -2.22. The molecular weight excluding hydrogens is 280 g/mol. The summed E-state index contributed by atoms with van der Waals surface area (Å²) in [7, 11) is -3.57. The number of nitrogens with zero attached hydrogens (tertiary/aromatic N) is 4. The Morgan fingerprint density at radius 3 is 3.00 bits per heavy atom. The van der Waals surface area contributed by atoms with Crippen LogP contribution in [0.25, 0.3) is 0 Å². The van der Waals surface area contributed by atoms with Crippen molar-refractivity contribution in [3.63, 3.8) is 0 Å². The fraction of sp³-hybridized carbons (Fsp3) is 0.364. The van der Waals surface area contributed by atoms with Gasteiger partial charge in [-0.3, -0.25) is 5.10 Å². The smallest absolute Gasteiger partial charge is 0.246 e. The number of H-pyrrole nitrogens is 1. The Kier molecular flexibility index (Phi) is 3.14. The van der Waals surface area contributed by atoms with Crippen molar-refractivity contribution in [1.82, 2.24) is 24.5 Å². The van der Waals surface area contributed by atoms with Crippen molar-refractivity contribution in [1.29, 1.82) is 0 Å². The summed E-state index contributed by atoms with van der Waals surface area (Å²) >= 11 is 0. The predicted molar refractivity (Wildman–Crippen MR) is 70.9 cm³/mol. The molecule has 0 spiro atoms. The minimum atomic E-state index is -3.57. The maximum atomic E-state index is 12.6. The van der Waals surface area contributed by atoms with Gasteiger partial charge >= 0.3 is 0 Å². The lowest BCUT2D eigenvalue weighted by molar-refractivity contribution is 0.390. The van der Waals surface area contributed by atoms with Gasteiger partial charge in [-0.15, -0.1) is 0 Å². The topological polar surface area (TPSA) is 118 Å². The molecule has 0 unspecified atom stereocenters. The molecular formula is C11H14N6O2S.